The van der Waals surface area contributed by atoms with E-state index in [1.165, 1.54) is 11.1 Å². The Morgan fingerprint density at radius 2 is 2.09 bits per heavy atom. The predicted octanol–water partition coefficient (Wildman–Crippen LogP) is 4.57. The number of aliphatic carboxylic acids is 1. The third-order valence-electron chi connectivity index (χ3n) is 6.78. The molecular weight excluding hydrogens is 288 g/mol. The number of fused-ring (bicyclic) bond motifs is 1. The van der Waals surface area contributed by atoms with E-state index in [-0.39, 0.29) is 17.9 Å². The molecule has 130 valence electrons. The van der Waals surface area contributed by atoms with Gasteiger partial charge in [0.15, 0.2) is 0 Å². The van der Waals surface area contributed by atoms with E-state index in [4.69, 9.17) is 5.11 Å². The van der Waals surface area contributed by atoms with Crippen LogP contribution in [-0.2, 0) is 4.79 Å². The molecule has 3 heteroatoms. The number of hydrogen-bond donors (Lipinski definition) is 2. The van der Waals surface area contributed by atoms with Crippen molar-refractivity contribution in [3.8, 4) is 0 Å². The normalized spacial score (nSPS) is 38.3. The Labute approximate surface area is 140 Å². The van der Waals surface area contributed by atoms with Gasteiger partial charge in [-0.25, -0.2) is 0 Å². The predicted molar refractivity (Wildman–Crippen MR) is 93.1 cm³/mol. The van der Waals surface area contributed by atoms with Crippen molar-refractivity contribution >= 4 is 5.97 Å². The summed E-state index contributed by atoms with van der Waals surface area (Å²) in [6.07, 6.45) is 8.65. The first-order valence-electron chi connectivity index (χ1n) is 8.93. The van der Waals surface area contributed by atoms with Gasteiger partial charge >= 0.3 is 5.97 Å². The van der Waals surface area contributed by atoms with Crippen molar-refractivity contribution in [2.45, 2.75) is 65.7 Å². The first kappa shape index (κ1) is 18.3. The zero-order valence-corrected chi connectivity index (χ0v) is 14.9. The largest absolute Gasteiger partial charge is 0.481 e. The van der Waals surface area contributed by atoms with E-state index in [2.05, 4.69) is 20.4 Å². The minimum atomic E-state index is -0.629. The van der Waals surface area contributed by atoms with Gasteiger partial charge in [-0.15, -0.1) is 0 Å². The van der Waals surface area contributed by atoms with E-state index in [0.29, 0.717) is 5.92 Å². The van der Waals surface area contributed by atoms with Crippen LogP contribution in [-0.4, -0.2) is 22.8 Å². The molecule has 0 aromatic rings. The third kappa shape index (κ3) is 3.26. The molecule has 0 unspecified atom stereocenters. The topological polar surface area (TPSA) is 57.5 Å². The average Bonchev–Trinajstić information content (AvgIpc) is 2.46. The molecule has 0 aliphatic heterocycles. The first-order chi connectivity index (χ1) is 10.8. The van der Waals surface area contributed by atoms with Crippen LogP contribution in [0, 0.1) is 22.7 Å². The molecule has 0 aromatic carbocycles. The number of carboxylic acid groups (broad SMARTS) is 1. The van der Waals surface area contributed by atoms with Crippen molar-refractivity contribution in [2.24, 2.45) is 22.7 Å². The number of aliphatic hydroxyl groups excluding tert-OH is 1. The SMILES string of the molecule is C=C1CC[C@@H]2[C@@](C)(CCC[C@@]2(C)C(=O)O)[C@H]1CC/C(C)=C\CO. The number of allylic oxidation sites excluding steroid dienone is 2. The highest BCUT2D eigenvalue weighted by molar-refractivity contribution is 5.75. The molecule has 4 atom stereocenters. The lowest BCUT2D eigenvalue weighted by molar-refractivity contribution is -0.164. The summed E-state index contributed by atoms with van der Waals surface area (Å²) in [6, 6.07) is 0. The van der Waals surface area contributed by atoms with Crippen molar-refractivity contribution in [2.75, 3.05) is 6.61 Å². The van der Waals surface area contributed by atoms with Crippen LogP contribution in [0.3, 0.4) is 0 Å². The maximum atomic E-state index is 12.0. The Morgan fingerprint density at radius 3 is 2.70 bits per heavy atom. The number of rotatable bonds is 5. The molecule has 2 saturated carbocycles. The fourth-order valence-electron chi connectivity index (χ4n) is 5.37. The van der Waals surface area contributed by atoms with Crippen LogP contribution in [0.1, 0.15) is 65.7 Å². The van der Waals surface area contributed by atoms with Gasteiger partial charge in [0, 0.05) is 0 Å². The second kappa shape index (κ2) is 6.80. The Morgan fingerprint density at radius 1 is 1.39 bits per heavy atom. The number of aliphatic hydroxyl groups is 1. The molecule has 2 aliphatic rings. The Balaban J connectivity index is 2.26. The molecule has 0 amide bonds. The van der Waals surface area contributed by atoms with Crippen molar-refractivity contribution in [1.29, 1.82) is 0 Å². The van der Waals surface area contributed by atoms with Crippen LogP contribution in [0.2, 0.25) is 0 Å². The third-order valence-corrected chi connectivity index (χ3v) is 6.78. The Bertz CT molecular complexity index is 507. The molecule has 23 heavy (non-hydrogen) atoms. The van der Waals surface area contributed by atoms with Crippen LogP contribution in [0.4, 0.5) is 0 Å². The molecule has 3 nitrogen and oxygen atoms in total. The molecular formula is C20H32O3. The lowest BCUT2D eigenvalue weighted by Gasteiger charge is -2.57. The van der Waals surface area contributed by atoms with E-state index < -0.39 is 11.4 Å². The summed E-state index contributed by atoms with van der Waals surface area (Å²) in [6.45, 7) is 10.7. The maximum Gasteiger partial charge on any atom is 0.309 e. The highest BCUT2D eigenvalue weighted by Gasteiger charge is 2.57. The lowest BCUT2D eigenvalue weighted by Crippen LogP contribution is -2.53. The second-order valence-electron chi connectivity index (χ2n) is 8.16. The van der Waals surface area contributed by atoms with Gasteiger partial charge in [0.05, 0.1) is 12.0 Å². The van der Waals surface area contributed by atoms with E-state index in [1.807, 2.05) is 13.0 Å². The fourth-order valence-corrected chi connectivity index (χ4v) is 5.37. The zero-order chi connectivity index (χ0) is 17.3. The highest BCUT2D eigenvalue weighted by Crippen LogP contribution is 2.62. The summed E-state index contributed by atoms with van der Waals surface area (Å²) in [5.41, 5.74) is 1.96. The molecule has 2 rings (SSSR count). The summed E-state index contributed by atoms with van der Waals surface area (Å²) in [5.74, 6) is -0.00260. The highest BCUT2D eigenvalue weighted by atomic mass is 16.4. The van der Waals surface area contributed by atoms with Gasteiger partial charge in [0.2, 0.25) is 0 Å². The van der Waals surface area contributed by atoms with Gasteiger partial charge in [-0.1, -0.05) is 37.1 Å². The summed E-state index contributed by atoms with van der Waals surface area (Å²) in [5, 5.41) is 18.9. The lowest BCUT2D eigenvalue weighted by atomic mass is 9.46. The quantitative estimate of drug-likeness (QED) is 0.730. The number of hydrogen-bond acceptors (Lipinski definition) is 2. The summed E-state index contributed by atoms with van der Waals surface area (Å²) >= 11 is 0. The molecule has 0 radical (unpaired) electrons. The van der Waals surface area contributed by atoms with Gasteiger partial charge in [-0.2, -0.15) is 0 Å². The first-order valence-corrected chi connectivity index (χ1v) is 8.93. The van der Waals surface area contributed by atoms with Crippen LogP contribution < -0.4 is 0 Å². The number of carboxylic acids is 1. The van der Waals surface area contributed by atoms with E-state index in [9.17, 15) is 9.90 Å². The summed E-state index contributed by atoms with van der Waals surface area (Å²) < 4.78 is 0. The van der Waals surface area contributed by atoms with Crippen molar-refractivity contribution < 1.29 is 15.0 Å². The van der Waals surface area contributed by atoms with Crippen LogP contribution in [0.5, 0.6) is 0 Å². The van der Waals surface area contributed by atoms with Crippen LogP contribution >= 0.6 is 0 Å². The summed E-state index contributed by atoms with van der Waals surface area (Å²) in [7, 11) is 0. The minimum Gasteiger partial charge on any atom is -0.481 e. The standard InChI is InChI=1S/C20H32O3/c1-14(10-13-21)6-8-16-15(2)7-9-17-19(16,3)11-5-12-20(17,4)18(22)23/h10,16-17,21H,2,5-9,11-13H2,1,3-4H3,(H,22,23)/b14-10-/t16-,17+,19-,20+/m0/s1. The second-order valence-corrected chi connectivity index (χ2v) is 8.16. The minimum absolute atomic E-state index is 0.0419. The molecule has 0 heterocycles. The van der Waals surface area contributed by atoms with Crippen LogP contribution in [0.25, 0.3) is 0 Å². The van der Waals surface area contributed by atoms with Gasteiger partial charge < -0.3 is 10.2 Å². The van der Waals surface area contributed by atoms with E-state index >= 15 is 0 Å². The molecule has 2 aliphatic carbocycles. The van der Waals surface area contributed by atoms with E-state index in [0.717, 1.165) is 44.9 Å². The van der Waals surface area contributed by atoms with Gasteiger partial charge in [0.1, 0.15) is 0 Å². The molecule has 2 fully saturated rings. The van der Waals surface area contributed by atoms with Crippen molar-refractivity contribution in [1.82, 2.24) is 0 Å². The monoisotopic (exact) mass is 320 g/mol. The molecule has 0 bridgehead atoms. The Hall–Kier alpha value is -1.09. The van der Waals surface area contributed by atoms with Gasteiger partial charge in [-0.05, 0) is 69.6 Å². The van der Waals surface area contributed by atoms with Crippen molar-refractivity contribution in [3.05, 3.63) is 23.8 Å². The Kier molecular flexibility index (Phi) is 5.40. The molecule has 2 N–H and O–H groups in total. The number of carbonyl (C=O) groups is 1. The fraction of sp³-hybridized carbons (Fsp3) is 0.750. The summed E-state index contributed by atoms with van der Waals surface area (Å²) in [4.78, 5) is 12.0. The van der Waals surface area contributed by atoms with Crippen molar-refractivity contribution in [3.63, 3.8) is 0 Å². The zero-order valence-electron chi connectivity index (χ0n) is 14.9. The van der Waals surface area contributed by atoms with E-state index in [1.54, 1.807) is 0 Å². The van der Waals surface area contributed by atoms with Crippen LogP contribution in [0.15, 0.2) is 23.8 Å². The molecule has 0 aromatic heterocycles. The smallest absolute Gasteiger partial charge is 0.309 e. The van der Waals surface area contributed by atoms with Gasteiger partial charge in [-0.3, -0.25) is 4.79 Å². The average molecular weight is 320 g/mol. The maximum absolute atomic E-state index is 12.0. The van der Waals surface area contributed by atoms with Gasteiger partial charge in [0.25, 0.3) is 0 Å². The molecule has 0 spiro atoms. The molecule has 0 saturated heterocycles.